The molecule has 1 fully saturated rings. The largest absolute Gasteiger partial charge is 0.326 e. The van der Waals surface area contributed by atoms with Crippen LogP contribution in [0.1, 0.15) is 62.2 Å². The number of rotatable bonds is 6. The van der Waals surface area contributed by atoms with Gasteiger partial charge < -0.3 is 10.6 Å². The molecule has 4 nitrogen and oxygen atoms in total. The van der Waals surface area contributed by atoms with Crippen molar-refractivity contribution in [1.82, 2.24) is 5.32 Å². The Morgan fingerprint density at radius 3 is 2.55 bits per heavy atom. The molecule has 1 saturated carbocycles. The molecule has 4 heteroatoms. The van der Waals surface area contributed by atoms with Gasteiger partial charge in [0.05, 0.1) is 0 Å². The minimum absolute atomic E-state index is 0.00568. The molecule has 2 rings (SSSR count). The minimum Gasteiger partial charge on any atom is -0.326 e. The van der Waals surface area contributed by atoms with E-state index in [-0.39, 0.29) is 11.7 Å². The van der Waals surface area contributed by atoms with Gasteiger partial charge in [-0.1, -0.05) is 37.8 Å². The van der Waals surface area contributed by atoms with Crippen LogP contribution in [-0.4, -0.2) is 24.3 Å². The van der Waals surface area contributed by atoms with E-state index in [1.54, 1.807) is 18.2 Å². The van der Waals surface area contributed by atoms with Gasteiger partial charge in [0, 0.05) is 30.3 Å². The zero-order valence-electron chi connectivity index (χ0n) is 13.4. The number of carbonyl (C=O) groups is 2. The average Bonchev–Trinajstić information content (AvgIpc) is 2.76. The smallest absolute Gasteiger partial charge is 0.225 e. The molecule has 0 radical (unpaired) electrons. The number of amides is 1. The van der Waals surface area contributed by atoms with E-state index in [0.29, 0.717) is 30.3 Å². The monoisotopic (exact) mass is 302 g/mol. The molecule has 1 aliphatic carbocycles. The van der Waals surface area contributed by atoms with E-state index in [4.69, 9.17) is 0 Å². The summed E-state index contributed by atoms with van der Waals surface area (Å²) in [5.74, 6) is -0.00652. The lowest BCUT2D eigenvalue weighted by atomic mass is 10.1. The van der Waals surface area contributed by atoms with Crippen molar-refractivity contribution in [2.45, 2.75) is 57.9 Å². The molecule has 2 N–H and O–H groups in total. The van der Waals surface area contributed by atoms with E-state index in [9.17, 15) is 9.59 Å². The van der Waals surface area contributed by atoms with Gasteiger partial charge in [-0.15, -0.1) is 0 Å². The predicted molar refractivity (Wildman–Crippen MR) is 89.2 cm³/mol. The number of carbonyl (C=O) groups excluding carboxylic acids is 2. The number of Topliss-reactive ketones (excluding diaryl/α,β-unsaturated/α-hetero) is 1. The molecule has 0 aromatic heterocycles. The Labute approximate surface area is 132 Å². The zero-order valence-corrected chi connectivity index (χ0v) is 13.4. The fourth-order valence-electron chi connectivity index (χ4n) is 2.91. The fourth-order valence-corrected chi connectivity index (χ4v) is 2.91. The highest BCUT2D eigenvalue weighted by molar-refractivity contribution is 5.97. The Morgan fingerprint density at radius 2 is 1.86 bits per heavy atom. The van der Waals surface area contributed by atoms with Gasteiger partial charge in [-0.05, 0) is 31.9 Å². The molecule has 0 heterocycles. The molecule has 0 unspecified atom stereocenters. The highest BCUT2D eigenvalue weighted by Crippen LogP contribution is 2.17. The summed E-state index contributed by atoms with van der Waals surface area (Å²) in [6.45, 7) is 2.24. The second-order valence-corrected chi connectivity index (χ2v) is 6.08. The number of nitrogens with one attached hydrogen (secondary N) is 2. The van der Waals surface area contributed by atoms with E-state index < -0.39 is 0 Å². The van der Waals surface area contributed by atoms with Crippen molar-refractivity contribution >= 4 is 17.4 Å². The van der Waals surface area contributed by atoms with Gasteiger partial charge in [0.25, 0.3) is 0 Å². The third-order valence-corrected chi connectivity index (χ3v) is 4.19. The van der Waals surface area contributed by atoms with E-state index in [1.165, 1.54) is 45.4 Å². The average molecular weight is 302 g/mol. The first-order valence-electron chi connectivity index (χ1n) is 8.29. The van der Waals surface area contributed by atoms with Crippen LogP contribution in [0, 0.1) is 0 Å². The molecular weight excluding hydrogens is 276 g/mol. The van der Waals surface area contributed by atoms with E-state index in [2.05, 4.69) is 10.6 Å². The van der Waals surface area contributed by atoms with Crippen molar-refractivity contribution in [2.24, 2.45) is 0 Å². The Kier molecular flexibility index (Phi) is 6.59. The Bertz CT molecular complexity index is 506. The van der Waals surface area contributed by atoms with Crippen LogP contribution in [0.15, 0.2) is 24.3 Å². The topological polar surface area (TPSA) is 58.2 Å². The van der Waals surface area contributed by atoms with Crippen LogP contribution in [0.3, 0.4) is 0 Å². The third-order valence-electron chi connectivity index (χ3n) is 4.19. The number of anilines is 1. The summed E-state index contributed by atoms with van der Waals surface area (Å²) in [5, 5.41) is 6.35. The van der Waals surface area contributed by atoms with Crippen molar-refractivity contribution in [2.75, 3.05) is 11.9 Å². The molecular formula is C18H26N2O2. The number of benzene rings is 1. The summed E-state index contributed by atoms with van der Waals surface area (Å²) >= 11 is 0. The van der Waals surface area contributed by atoms with Gasteiger partial charge in [0.2, 0.25) is 5.91 Å². The first-order chi connectivity index (χ1) is 10.6. The van der Waals surface area contributed by atoms with Crippen molar-refractivity contribution in [3.63, 3.8) is 0 Å². The van der Waals surface area contributed by atoms with Crippen molar-refractivity contribution in [3.05, 3.63) is 29.8 Å². The van der Waals surface area contributed by atoms with Crippen molar-refractivity contribution in [3.8, 4) is 0 Å². The zero-order chi connectivity index (χ0) is 15.8. The maximum absolute atomic E-state index is 12.0. The second-order valence-electron chi connectivity index (χ2n) is 6.08. The molecule has 0 atom stereocenters. The quantitative estimate of drug-likeness (QED) is 0.624. The van der Waals surface area contributed by atoms with Crippen LogP contribution in [-0.2, 0) is 4.79 Å². The van der Waals surface area contributed by atoms with Crippen LogP contribution >= 0.6 is 0 Å². The molecule has 1 aromatic carbocycles. The summed E-state index contributed by atoms with van der Waals surface area (Å²) in [7, 11) is 0. The van der Waals surface area contributed by atoms with Crippen LogP contribution in [0.4, 0.5) is 5.69 Å². The predicted octanol–water partition coefficient (Wildman–Crippen LogP) is 3.53. The highest BCUT2D eigenvalue weighted by atomic mass is 16.1. The standard InChI is InChI=1S/C18H26N2O2/c1-14(21)15-7-6-10-17(13-15)20-18(22)11-12-19-16-8-4-2-3-5-9-16/h6-7,10,13,16,19H,2-5,8-9,11-12H2,1H3,(H,20,22). The highest BCUT2D eigenvalue weighted by Gasteiger charge is 2.12. The lowest BCUT2D eigenvalue weighted by Crippen LogP contribution is -2.31. The summed E-state index contributed by atoms with van der Waals surface area (Å²) in [4.78, 5) is 23.3. The number of hydrogen-bond acceptors (Lipinski definition) is 3. The fraction of sp³-hybridized carbons (Fsp3) is 0.556. The Morgan fingerprint density at radius 1 is 1.14 bits per heavy atom. The number of hydrogen-bond donors (Lipinski definition) is 2. The van der Waals surface area contributed by atoms with Crippen LogP contribution in [0.25, 0.3) is 0 Å². The van der Waals surface area contributed by atoms with Gasteiger partial charge >= 0.3 is 0 Å². The molecule has 0 bridgehead atoms. The van der Waals surface area contributed by atoms with Gasteiger partial charge in [-0.2, -0.15) is 0 Å². The molecule has 22 heavy (non-hydrogen) atoms. The van der Waals surface area contributed by atoms with Crippen molar-refractivity contribution in [1.29, 1.82) is 0 Å². The summed E-state index contributed by atoms with van der Waals surface area (Å²) < 4.78 is 0. The first-order valence-corrected chi connectivity index (χ1v) is 8.29. The molecule has 1 aliphatic rings. The third kappa shape index (κ3) is 5.60. The number of ketones is 1. The van der Waals surface area contributed by atoms with Gasteiger partial charge in [0.1, 0.15) is 0 Å². The van der Waals surface area contributed by atoms with Crippen molar-refractivity contribution < 1.29 is 9.59 Å². The summed E-state index contributed by atoms with van der Waals surface area (Å²) in [6, 6.07) is 7.64. The van der Waals surface area contributed by atoms with Gasteiger partial charge in [-0.25, -0.2) is 0 Å². The van der Waals surface area contributed by atoms with Gasteiger partial charge in [-0.3, -0.25) is 9.59 Å². The molecule has 1 aromatic rings. The van der Waals surface area contributed by atoms with Crippen LogP contribution < -0.4 is 10.6 Å². The van der Waals surface area contributed by atoms with Gasteiger partial charge in [0.15, 0.2) is 5.78 Å². The molecule has 120 valence electrons. The normalized spacial score (nSPS) is 16.0. The van der Waals surface area contributed by atoms with E-state index in [1.807, 2.05) is 6.07 Å². The van der Waals surface area contributed by atoms with E-state index in [0.717, 1.165) is 0 Å². The van der Waals surface area contributed by atoms with Crippen LogP contribution in [0.2, 0.25) is 0 Å². The maximum atomic E-state index is 12.0. The molecule has 1 amide bonds. The van der Waals surface area contributed by atoms with Crippen LogP contribution in [0.5, 0.6) is 0 Å². The maximum Gasteiger partial charge on any atom is 0.225 e. The lowest BCUT2D eigenvalue weighted by molar-refractivity contribution is -0.116. The molecule has 0 saturated heterocycles. The first kappa shape index (κ1) is 16.7. The molecule has 0 spiro atoms. The Balaban J connectivity index is 1.73. The Hall–Kier alpha value is -1.68. The summed E-state index contributed by atoms with van der Waals surface area (Å²) in [5.41, 5.74) is 1.31. The minimum atomic E-state index is -0.0122. The molecule has 0 aliphatic heterocycles. The lowest BCUT2D eigenvalue weighted by Gasteiger charge is -2.15. The second kappa shape index (κ2) is 8.69. The van der Waals surface area contributed by atoms with E-state index >= 15 is 0 Å². The summed E-state index contributed by atoms with van der Waals surface area (Å²) in [6.07, 6.45) is 8.17. The SMILES string of the molecule is CC(=O)c1cccc(NC(=O)CCNC2CCCCCC2)c1.